The van der Waals surface area contributed by atoms with Gasteiger partial charge in [0.25, 0.3) is 0 Å². The van der Waals surface area contributed by atoms with E-state index in [2.05, 4.69) is 41.1 Å². The number of allylic oxidation sites excluding steroid dienone is 1. The van der Waals surface area contributed by atoms with Crippen LogP contribution in [0.4, 0.5) is 5.69 Å². The molecule has 0 saturated carbocycles. The van der Waals surface area contributed by atoms with Crippen molar-refractivity contribution in [3.05, 3.63) is 90.0 Å². The first-order valence-electron chi connectivity index (χ1n) is 11.2. The average molecular weight is 532 g/mol. The molecule has 2 heterocycles. The van der Waals surface area contributed by atoms with E-state index in [1.807, 2.05) is 59.2 Å². The van der Waals surface area contributed by atoms with Crippen molar-refractivity contribution in [3.63, 3.8) is 0 Å². The maximum atomic E-state index is 12.6. The number of amides is 1. The van der Waals surface area contributed by atoms with Crippen molar-refractivity contribution in [1.29, 1.82) is 0 Å². The lowest BCUT2D eigenvalue weighted by atomic mass is 10.2. The monoisotopic (exact) mass is 531 g/mol. The molecule has 0 radical (unpaired) electrons. The summed E-state index contributed by atoms with van der Waals surface area (Å²) < 4.78 is 3.10. The van der Waals surface area contributed by atoms with Gasteiger partial charge < -0.3 is 5.32 Å². The molecule has 5 rings (SSSR count). The number of hydrogen-bond acceptors (Lipinski definition) is 6. The van der Waals surface area contributed by atoms with Crippen molar-refractivity contribution in [2.75, 3.05) is 11.1 Å². The van der Waals surface area contributed by atoms with Gasteiger partial charge in [-0.25, -0.2) is 4.98 Å². The van der Waals surface area contributed by atoms with Crippen LogP contribution in [-0.2, 0) is 11.3 Å². The van der Waals surface area contributed by atoms with E-state index in [1.165, 1.54) is 22.0 Å². The van der Waals surface area contributed by atoms with Crippen LogP contribution >= 0.6 is 34.7 Å². The zero-order valence-corrected chi connectivity index (χ0v) is 21.8. The Balaban J connectivity index is 1.24. The Labute approximate surface area is 222 Å². The van der Waals surface area contributed by atoms with E-state index in [4.69, 9.17) is 16.6 Å². The fourth-order valence-electron chi connectivity index (χ4n) is 3.68. The van der Waals surface area contributed by atoms with Gasteiger partial charge >= 0.3 is 0 Å². The van der Waals surface area contributed by atoms with Gasteiger partial charge in [-0.3, -0.25) is 9.36 Å². The van der Waals surface area contributed by atoms with Crippen LogP contribution < -0.4 is 5.32 Å². The van der Waals surface area contributed by atoms with Crippen LogP contribution in [0, 0.1) is 6.92 Å². The third-order valence-electron chi connectivity index (χ3n) is 5.42. The van der Waals surface area contributed by atoms with Gasteiger partial charge in [-0.1, -0.05) is 35.5 Å². The zero-order chi connectivity index (χ0) is 25.1. The maximum absolute atomic E-state index is 12.6. The lowest BCUT2D eigenvalue weighted by Gasteiger charge is -2.08. The van der Waals surface area contributed by atoms with Crippen LogP contribution in [0.15, 0.2) is 84.5 Å². The smallest absolute Gasteiger partial charge is 0.234 e. The van der Waals surface area contributed by atoms with Crippen LogP contribution in [0.3, 0.4) is 0 Å². The highest BCUT2D eigenvalue weighted by Crippen LogP contribution is 2.31. The normalized spacial score (nSPS) is 11.1. The number of halogens is 1. The summed E-state index contributed by atoms with van der Waals surface area (Å²) in [5, 5.41) is 13.8. The van der Waals surface area contributed by atoms with E-state index < -0.39 is 0 Å². The second kappa shape index (κ2) is 10.7. The van der Waals surface area contributed by atoms with Crippen LogP contribution in [-0.4, -0.2) is 31.4 Å². The quantitative estimate of drug-likeness (QED) is 0.171. The average Bonchev–Trinajstić information content (AvgIpc) is 3.48. The predicted molar refractivity (Wildman–Crippen MR) is 150 cm³/mol. The van der Waals surface area contributed by atoms with Crippen molar-refractivity contribution in [2.24, 2.45) is 0 Å². The number of hydrogen-bond donors (Lipinski definition) is 1. The largest absolute Gasteiger partial charge is 0.325 e. The first-order valence-corrected chi connectivity index (χ1v) is 13.4. The predicted octanol–water partition coefficient (Wildman–Crippen LogP) is 7.10. The van der Waals surface area contributed by atoms with Crippen LogP contribution in [0.5, 0.6) is 0 Å². The number of rotatable bonds is 8. The number of carbonyl (C=O) groups excluding carboxylic acids is 1. The van der Waals surface area contributed by atoms with E-state index in [9.17, 15) is 4.79 Å². The van der Waals surface area contributed by atoms with Gasteiger partial charge in [0.05, 0.1) is 16.0 Å². The molecule has 9 heteroatoms. The fourth-order valence-corrected chi connectivity index (χ4v) is 5.62. The van der Waals surface area contributed by atoms with E-state index in [0.717, 1.165) is 27.3 Å². The Kier molecular flexibility index (Phi) is 7.18. The Hall–Kier alpha value is -3.46. The highest BCUT2D eigenvalue weighted by atomic mass is 35.5. The molecule has 6 nitrogen and oxygen atoms in total. The second-order valence-electron chi connectivity index (χ2n) is 8.12. The van der Waals surface area contributed by atoms with E-state index >= 15 is 0 Å². The molecule has 0 unspecified atom stereocenters. The van der Waals surface area contributed by atoms with Gasteiger partial charge in [0.1, 0.15) is 5.01 Å². The summed E-state index contributed by atoms with van der Waals surface area (Å²) in [5.41, 5.74) is 4.87. The second-order valence-corrected chi connectivity index (χ2v) is 10.5. The molecule has 1 amide bonds. The molecule has 1 N–H and O–H groups in total. The Bertz CT molecular complexity index is 1540. The molecule has 5 aromatic rings. The van der Waals surface area contributed by atoms with Gasteiger partial charge in [0.2, 0.25) is 5.91 Å². The number of nitrogens with zero attached hydrogens (tertiary/aromatic N) is 4. The molecule has 0 aliphatic heterocycles. The van der Waals surface area contributed by atoms with Crippen LogP contribution in [0.2, 0.25) is 5.02 Å². The number of nitrogens with one attached hydrogen (secondary N) is 1. The highest BCUT2D eigenvalue weighted by molar-refractivity contribution is 7.99. The molecule has 36 heavy (non-hydrogen) atoms. The van der Waals surface area contributed by atoms with Crippen molar-refractivity contribution in [2.45, 2.75) is 18.6 Å². The topological polar surface area (TPSA) is 72.7 Å². The SMILES string of the molecule is C=CCn1c(SCC(=O)Nc2ccc(-c3nc4ccc(C)cc4s3)cc2)nnc1-c1ccc(Cl)cc1. The number of aryl methyl sites for hydroxylation is 1. The summed E-state index contributed by atoms with van der Waals surface area (Å²) >= 11 is 9.01. The van der Waals surface area contributed by atoms with Crippen molar-refractivity contribution < 1.29 is 4.79 Å². The van der Waals surface area contributed by atoms with Crippen LogP contribution in [0.25, 0.3) is 32.2 Å². The first-order chi connectivity index (χ1) is 17.5. The summed E-state index contributed by atoms with van der Waals surface area (Å²) in [4.78, 5) is 17.4. The van der Waals surface area contributed by atoms with Gasteiger partial charge in [0.15, 0.2) is 11.0 Å². The first kappa shape index (κ1) is 24.2. The molecule has 0 spiro atoms. The molecular weight excluding hydrogens is 510 g/mol. The van der Waals surface area contributed by atoms with Gasteiger partial charge in [-0.2, -0.15) is 0 Å². The van der Waals surface area contributed by atoms with E-state index in [0.29, 0.717) is 22.5 Å². The minimum absolute atomic E-state index is 0.121. The summed E-state index contributed by atoms with van der Waals surface area (Å²) in [6, 6.07) is 21.4. The molecular formula is C27H22ClN5OS2. The van der Waals surface area contributed by atoms with Crippen LogP contribution in [0.1, 0.15) is 5.56 Å². The number of carbonyl (C=O) groups is 1. The number of thiazole rings is 1. The molecule has 0 atom stereocenters. The highest BCUT2D eigenvalue weighted by Gasteiger charge is 2.15. The molecule has 0 bridgehead atoms. The minimum Gasteiger partial charge on any atom is -0.325 e. The number of benzene rings is 3. The Morgan fingerprint density at radius 1 is 1.08 bits per heavy atom. The molecule has 0 aliphatic carbocycles. The summed E-state index contributed by atoms with van der Waals surface area (Å²) in [6.07, 6.45) is 1.78. The number of anilines is 1. The molecule has 0 aliphatic rings. The molecule has 180 valence electrons. The molecule has 0 saturated heterocycles. The Morgan fingerprint density at radius 2 is 1.83 bits per heavy atom. The maximum Gasteiger partial charge on any atom is 0.234 e. The van der Waals surface area contributed by atoms with Crippen molar-refractivity contribution in [1.82, 2.24) is 19.7 Å². The standard InChI is InChI=1S/C27H22ClN5OS2/c1-3-14-33-25(18-5-9-20(28)10-6-18)31-32-27(33)35-16-24(34)29-21-11-7-19(8-12-21)26-30-22-13-4-17(2)15-23(22)36-26/h3-13,15H,1,14,16H2,2H3,(H,29,34). The summed E-state index contributed by atoms with van der Waals surface area (Å²) in [6.45, 7) is 6.44. The summed E-state index contributed by atoms with van der Waals surface area (Å²) in [5.74, 6) is 0.786. The van der Waals surface area contributed by atoms with Gasteiger partial charge in [0, 0.05) is 28.4 Å². The van der Waals surface area contributed by atoms with E-state index in [1.54, 1.807) is 17.4 Å². The minimum atomic E-state index is -0.121. The number of fused-ring (bicyclic) bond motifs is 1. The van der Waals surface area contributed by atoms with Crippen molar-refractivity contribution in [3.8, 4) is 22.0 Å². The van der Waals surface area contributed by atoms with Gasteiger partial charge in [-0.15, -0.1) is 28.1 Å². The van der Waals surface area contributed by atoms with Gasteiger partial charge in [-0.05, 0) is 73.2 Å². The number of aromatic nitrogens is 4. The lowest BCUT2D eigenvalue weighted by molar-refractivity contribution is -0.113. The molecule has 3 aromatic carbocycles. The molecule has 0 fully saturated rings. The van der Waals surface area contributed by atoms with E-state index in [-0.39, 0.29) is 11.7 Å². The third-order valence-corrected chi connectivity index (χ3v) is 7.71. The third kappa shape index (κ3) is 5.36. The Morgan fingerprint density at radius 3 is 2.58 bits per heavy atom. The summed E-state index contributed by atoms with van der Waals surface area (Å²) in [7, 11) is 0. The van der Waals surface area contributed by atoms with Crippen molar-refractivity contribution >= 4 is 56.5 Å². The lowest BCUT2D eigenvalue weighted by Crippen LogP contribution is -2.14. The zero-order valence-electron chi connectivity index (χ0n) is 19.4. The number of thioether (sulfide) groups is 1. The fraction of sp³-hybridized carbons (Fsp3) is 0.111. The molecule has 2 aromatic heterocycles.